The molecule has 1 fully saturated rings. The lowest BCUT2D eigenvalue weighted by Gasteiger charge is -2.34. The first-order valence-corrected chi connectivity index (χ1v) is 10.6. The summed E-state index contributed by atoms with van der Waals surface area (Å²) in [6.45, 7) is 8.66. The molecule has 4 heteroatoms. The monoisotopic (exact) mass is 281 g/mol. The van der Waals surface area contributed by atoms with Crippen LogP contribution in [0.1, 0.15) is 19.3 Å². The van der Waals surface area contributed by atoms with Crippen molar-refractivity contribution in [2.45, 2.75) is 38.9 Å². The molecule has 0 aromatic carbocycles. The maximum atomic E-state index is 11.8. The molecule has 0 unspecified atom stereocenters. The molecule has 3 nitrogen and oxygen atoms in total. The van der Waals surface area contributed by atoms with Gasteiger partial charge in [-0.05, 0) is 32.4 Å². The number of hydrogen-bond acceptors (Lipinski definition) is 3. The van der Waals surface area contributed by atoms with Gasteiger partial charge in [0.15, 0.2) is 0 Å². The zero-order chi connectivity index (χ0) is 14.5. The molecule has 0 N–H and O–H groups in total. The molecule has 1 heterocycles. The molecule has 0 saturated carbocycles. The van der Waals surface area contributed by atoms with Crippen molar-refractivity contribution in [3.05, 3.63) is 0 Å². The molecule has 1 rings (SSSR count). The van der Waals surface area contributed by atoms with Gasteiger partial charge < -0.3 is 9.64 Å². The number of carbonyl (C=O) groups excluding carboxylic acids is 1. The van der Waals surface area contributed by atoms with Crippen LogP contribution in [0.5, 0.6) is 0 Å². The normalized spacial score (nSPS) is 24.5. The van der Waals surface area contributed by atoms with Crippen molar-refractivity contribution >= 4 is 14.0 Å². The molecule has 1 aliphatic rings. The van der Waals surface area contributed by atoms with E-state index in [1.165, 1.54) is 7.11 Å². The summed E-state index contributed by atoms with van der Waals surface area (Å²) in [5.74, 6) is 3.70. The fourth-order valence-corrected chi connectivity index (χ4v) is 3.17. The molecule has 0 spiro atoms. The van der Waals surface area contributed by atoms with E-state index in [-0.39, 0.29) is 11.9 Å². The van der Waals surface area contributed by atoms with Gasteiger partial charge in [0, 0.05) is 13.0 Å². The van der Waals surface area contributed by atoms with Crippen LogP contribution in [0.25, 0.3) is 0 Å². The molecule has 0 radical (unpaired) electrons. The van der Waals surface area contributed by atoms with Crippen molar-refractivity contribution in [2.75, 3.05) is 27.2 Å². The van der Waals surface area contributed by atoms with Crippen molar-refractivity contribution < 1.29 is 9.53 Å². The number of methoxy groups -OCH3 is 1. The van der Waals surface area contributed by atoms with E-state index in [4.69, 9.17) is 4.74 Å². The van der Waals surface area contributed by atoms with Crippen molar-refractivity contribution in [1.29, 1.82) is 0 Å². The summed E-state index contributed by atoms with van der Waals surface area (Å²) in [6.07, 6.45) is 3.00. The average Bonchev–Trinajstić information content (AvgIpc) is 2.33. The highest BCUT2D eigenvalue weighted by atomic mass is 28.3. The van der Waals surface area contributed by atoms with Crippen LogP contribution < -0.4 is 0 Å². The second kappa shape index (κ2) is 7.11. The van der Waals surface area contributed by atoms with E-state index >= 15 is 0 Å². The van der Waals surface area contributed by atoms with Crippen molar-refractivity contribution in [1.82, 2.24) is 4.90 Å². The Morgan fingerprint density at radius 1 is 1.42 bits per heavy atom. The molecule has 0 amide bonds. The summed E-state index contributed by atoms with van der Waals surface area (Å²) in [5, 5.41) is 0. The number of rotatable bonds is 3. The Bertz CT molecular complexity index is 365. The summed E-state index contributed by atoms with van der Waals surface area (Å²) < 4.78 is 4.93. The Balaban J connectivity index is 2.54. The number of piperidine rings is 1. The second-order valence-electron chi connectivity index (χ2n) is 6.53. The molecule has 0 aromatic heterocycles. The SMILES string of the molecule is COC(=O)[C@H]1CN(C)CC[C@H]1CCC#C[Si](C)(C)C. The topological polar surface area (TPSA) is 29.5 Å². The molecule has 0 bridgehead atoms. The maximum absolute atomic E-state index is 11.8. The zero-order valence-electron chi connectivity index (χ0n) is 13.0. The first kappa shape index (κ1) is 16.3. The molecule has 0 aliphatic carbocycles. The Kier molecular flexibility index (Phi) is 6.09. The minimum atomic E-state index is -1.26. The van der Waals surface area contributed by atoms with Crippen molar-refractivity contribution in [3.63, 3.8) is 0 Å². The summed E-state index contributed by atoms with van der Waals surface area (Å²) in [4.78, 5) is 14.1. The van der Waals surface area contributed by atoms with Gasteiger partial charge in [-0.2, -0.15) is 0 Å². The molecule has 1 aliphatic heterocycles. The lowest BCUT2D eigenvalue weighted by molar-refractivity contribution is -0.149. The van der Waals surface area contributed by atoms with Crippen LogP contribution in [0.15, 0.2) is 0 Å². The lowest BCUT2D eigenvalue weighted by Crippen LogP contribution is -2.42. The van der Waals surface area contributed by atoms with E-state index in [2.05, 4.69) is 43.1 Å². The third-order valence-corrected chi connectivity index (χ3v) is 4.49. The van der Waals surface area contributed by atoms with Gasteiger partial charge in [0.1, 0.15) is 8.07 Å². The number of likely N-dealkylation sites (tertiary alicyclic amines) is 1. The highest BCUT2D eigenvalue weighted by Crippen LogP contribution is 2.27. The van der Waals surface area contributed by atoms with Crippen LogP contribution in [-0.2, 0) is 9.53 Å². The van der Waals surface area contributed by atoms with Gasteiger partial charge in [-0.3, -0.25) is 4.79 Å². The van der Waals surface area contributed by atoms with E-state index in [0.29, 0.717) is 5.92 Å². The third kappa shape index (κ3) is 5.79. The van der Waals surface area contributed by atoms with Crippen LogP contribution in [0.3, 0.4) is 0 Å². The van der Waals surface area contributed by atoms with E-state index in [1.807, 2.05) is 0 Å². The zero-order valence-corrected chi connectivity index (χ0v) is 14.0. The van der Waals surface area contributed by atoms with Gasteiger partial charge >= 0.3 is 5.97 Å². The third-order valence-electron chi connectivity index (χ3n) is 3.57. The molecule has 108 valence electrons. The molecule has 2 atom stereocenters. The number of carbonyl (C=O) groups is 1. The maximum Gasteiger partial charge on any atom is 0.310 e. The van der Waals surface area contributed by atoms with E-state index < -0.39 is 8.07 Å². The summed E-state index contributed by atoms with van der Waals surface area (Å²) in [5.41, 5.74) is 3.39. The van der Waals surface area contributed by atoms with Gasteiger partial charge in [0.25, 0.3) is 0 Å². The van der Waals surface area contributed by atoms with Crippen LogP contribution in [-0.4, -0.2) is 46.2 Å². The first-order chi connectivity index (χ1) is 8.83. The van der Waals surface area contributed by atoms with E-state index in [9.17, 15) is 4.79 Å². The molecule has 0 aromatic rings. The van der Waals surface area contributed by atoms with Gasteiger partial charge in [0.2, 0.25) is 0 Å². The highest BCUT2D eigenvalue weighted by molar-refractivity contribution is 6.83. The second-order valence-corrected chi connectivity index (χ2v) is 11.3. The minimum Gasteiger partial charge on any atom is -0.469 e. The molecular formula is C15H27NO2Si. The number of esters is 1. The summed E-state index contributed by atoms with van der Waals surface area (Å²) in [6, 6.07) is 0. The smallest absolute Gasteiger partial charge is 0.310 e. The average molecular weight is 281 g/mol. The van der Waals surface area contributed by atoms with E-state index in [0.717, 1.165) is 32.4 Å². The predicted molar refractivity (Wildman–Crippen MR) is 81.5 cm³/mol. The molecule has 19 heavy (non-hydrogen) atoms. The quantitative estimate of drug-likeness (QED) is 0.452. The Hall–Kier alpha value is -0.793. The Morgan fingerprint density at radius 2 is 2.11 bits per heavy atom. The van der Waals surface area contributed by atoms with Crippen molar-refractivity contribution in [2.24, 2.45) is 11.8 Å². The number of hydrogen-bond donors (Lipinski definition) is 0. The summed E-state index contributed by atoms with van der Waals surface area (Å²) in [7, 11) is 2.29. The van der Waals surface area contributed by atoms with Crippen LogP contribution >= 0.6 is 0 Å². The van der Waals surface area contributed by atoms with E-state index in [1.54, 1.807) is 0 Å². The lowest BCUT2D eigenvalue weighted by atomic mass is 9.82. The Labute approximate surface area is 118 Å². The number of nitrogens with zero attached hydrogens (tertiary/aromatic N) is 1. The first-order valence-electron chi connectivity index (χ1n) is 7.10. The number of ether oxygens (including phenoxy) is 1. The van der Waals surface area contributed by atoms with Gasteiger partial charge in [-0.1, -0.05) is 19.6 Å². The van der Waals surface area contributed by atoms with Gasteiger partial charge in [-0.25, -0.2) is 0 Å². The molecule has 1 saturated heterocycles. The largest absolute Gasteiger partial charge is 0.469 e. The minimum absolute atomic E-state index is 0.0254. The van der Waals surface area contributed by atoms with Gasteiger partial charge in [0.05, 0.1) is 13.0 Å². The fourth-order valence-electron chi connectivity index (χ4n) is 2.51. The molecular weight excluding hydrogens is 254 g/mol. The van der Waals surface area contributed by atoms with Crippen LogP contribution in [0.2, 0.25) is 19.6 Å². The predicted octanol–water partition coefficient (Wildman–Crippen LogP) is 2.39. The van der Waals surface area contributed by atoms with Crippen LogP contribution in [0.4, 0.5) is 0 Å². The highest BCUT2D eigenvalue weighted by Gasteiger charge is 2.33. The Morgan fingerprint density at radius 3 is 2.68 bits per heavy atom. The van der Waals surface area contributed by atoms with Crippen molar-refractivity contribution in [3.8, 4) is 11.5 Å². The fraction of sp³-hybridized carbons (Fsp3) is 0.800. The standard InChI is InChI=1S/C15H27NO2Si/c1-16-10-9-13(14(12-16)15(17)18-2)8-6-7-11-19(3,4)5/h13-14H,6,8-10,12H2,1-5H3/t13-,14+/m1/s1. The van der Waals surface area contributed by atoms with Crippen LogP contribution in [0, 0.1) is 23.3 Å². The summed E-state index contributed by atoms with van der Waals surface area (Å²) >= 11 is 0. The van der Waals surface area contributed by atoms with Gasteiger partial charge in [-0.15, -0.1) is 11.5 Å².